The summed E-state index contributed by atoms with van der Waals surface area (Å²) in [6.45, 7) is 11.0. The number of rotatable bonds is 23. The number of hydrogen-bond acceptors (Lipinski definition) is 12. The van der Waals surface area contributed by atoms with Crippen molar-refractivity contribution in [2.24, 2.45) is 0 Å². The Hall–Kier alpha value is -5.31. The van der Waals surface area contributed by atoms with Crippen LogP contribution in [0.2, 0.25) is 10.1 Å². The summed E-state index contributed by atoms with van der Waals surface area (Å²) in [6, 6.07) is 59.4. The molecule has 0 aromatic heterocycles. The van der Waals surface area contributed by atoms with E-state index in [4.69, 9.17) is 37.3 Å². The molecule has 0 radical (unpaired) electrons. The predicted octanol–water partition coefficient (Wildman–Crippen LogP) is 9.28. The van der Waals surface area contributed by atoms with Gasteiger partial charge in [0, 0.05) is 25.7 Å². The van der Waals surface area contributed by atoms with Crippen LogP contribution in [0.25, 0.3) is 0 Å². The van der Waals surface area contributed by atoms with Crippen LogP contribution in [0.5, 0.6) is 0 Å². The largest absolute Gasteiger partial charge is 0.404 e. The second-order valence-electron chi connectivity index (χ2n) is 25.0. The van der Waals surface area contributed by atoms with E-state index in [9.17, 15) is 0 Å². The molecule has 2 saturated heterocycles. The molecule has 0 amide bonds. The van der Waals surface area contributed by atoms with Gasteiger partial charge in [-0.05, 0) is 67.6 Å². The zero-order chi connectivity index (χ0) is 57.7. The first-order valence-electron chi connectivity index (χ1n) is 29.3. The van der Waals surface area contributed by atoms with Gasteiger partial charge >= 0.3 is 0 Å². The van der Waals surface area contributed by atoms with Crippen LogP contribution in [0.1, 0.15) is 104 Å². The fraction of sp³-hybridized carbons (Fsp3) is 0.441. The zero-order valence-corrected chi connectivity index (χ0v) is 50.5. The monoisotopic (exact) mass is 1150 g/mol. The molecule has 6 aromatic rings. The lowest BCUT2D eigenvalue weighted by atomic mass is 9.72. The highest BCUT2D eigenvalue weighted by Gasteiger charge is 2.73. The van der Waals surface area contributed by atoms with Crippen LogP contribution in [0.4, 0.5) is 0 Å². The topological polar surface area (TPSA) is 148 Å². The number of carbonyl (C=O) groups excluding carboxylic acids is 2. The molecular weight excluding hydrogens is 1060 g/mol. The molecule has 2 aliphatic heterocycles. The maximum Gasteiger partial charge on any atom is 0.261 e. The Bertz CT molecular complexity index is 2730. The van der Waals surface area contributed by atoms with Gasteiger partial charge in [-0.2, -0.15) is 0 Å². The molecule has 4 aliphatic rings. The molecule has 10 rings (SSSR count). The quantitative estimate of drug-likeness (QED) is 0.0590. The van der Waals surface area contributed by atoms with E-state index in [0.29, 0.717) is 25.7 Å². The average molecular weight is 1150 g/mol. The van der Waals surface area contributed by atoms with Gasteiger partial charge < -0.3 is 47.5 Å². The van der Waals surface area contributed by atoms with E-state index in [-0.39, 0.29) is 13.2 Å². The van der Waals surface area contributed by atoms with Crippen molar-refractivity contribution in [1.29, 1.82) is 0 Å². The zero-order valence-electron chi connectivity index (χ0n) is 48.5. The van der Waals surface area contributed by atoms with Crippen LogP contribution in [-0.2, 0) is 60.1 Å². The Labute approximate surface area is 486 Å². The third-order valence-corrected chi connectivity index (χ3v) is 27.5. The van der Waals surface area contributed by atoms with Crippen LogP contribution < -0.4 is 20.7 Å². The van der Waals surface area contributed by atoms with Gasteiger partial charge in [-0.1, -0.05) is 224 Å². The Morgan fingerprint density at radius 2 is 0.707 bits per heavy atom. The Morgan fingerprint density at radius 3 is 0.976 bits per heavy atom. The molecule has 0 bridgehead atoms. The van der Waals surface area contributed by atoms with Gasteiger partial charge in [-0.15, -0.1) is 0 Å². The third kappa shape index (κ3) is 11.8. The molecule has 4 fully saturated rings. The first-order chi connectivity index (χ1) is 39.4. The molecule has 2 heterocycles. The van der Waals surface area contributed by atoms with Crippen molar-refractivity contribution < 1.29 is 57.1 Å². The van der Waals surface area contributed by atoms with Crippen molar-refractivity contribution in [2.75, 3.05) is 26.4 Å². The van der Waals surface area contributed by atoms with Crippen LogP contribution in [0.15, 0.2) is 182 Å². The van der Waals surface area contributed by atoms with E-state index in [1.54, 1.807) is 0 Å². The number of Topliss-reactive ketones (excluding diaryl/α,β-unsaturated/α-hetero) is 2. The van der Waals surface area contributed by atoms with Gasteiger partial charge in [0.1, 0.15) is 36.6 Å². The third-order valence-electron chi connectivity index (χ3n) is 17.5. The van der Waals surface area contributed by atoms with Crippen LogP contribution in [0, 0.1) is 0 Å². The summed E-state index contributed by atoms with van der Waals surface area (Å²) in [5.41, 5.74) is -3.71. The molecule has 6 aromatic carbocycles. The first kappa shape index (κ1) is 59.8. The number of ether oxygens (including phenoxy) is 6. The Kier molecular flexibility index (Phi) is 18.0. The molecule has 2 spiro atoms. The lowest BCUT2D eigenvalue weighted by Crippen LogP contribution is -2.78. The van der Waals surface area contributed by atoms with Crippen LogP contribution in [-0.4, -0.2) is 112 Å². The lowest BCUT2D eigenvalue weighted by Gasteiger charge is -2.53. The van der Waals surface area contributed by atoms with E-state index < -0.39 is 112 Å². The normalized spacial score (nSPS) is 22.3. The van der Waals surface area contributed by atoms with Gasteiger partial charge in [0.25, 0.3) is 16.6 Å². The molecule has 0 unspecified atom stereocenters. The number of benzene rings is 6. The van der Waals surface area contributed by atoms with Gasteiger partial charge in [0.15, 0.2) is 35.3 Å². The van der Waals surface area contributed by atoms with Crippen molar-refractivity contribution in [2.45, 2.75) is 163 Å². The van der Waals surface area contributed by atoms with Crippen molar-refractivity contribution in [1.82, 2.24) is 0 Å². The number of carbonyl (C=O) groups is 2. The average Bonchev–Trinajstić information content (AvgIpc) is 2.84. The predicted molar refractivity (Wildman–Crippen MR) is 321 cm³/mol. The highest BCUT2D eigenvalue weighted by Crippen LogP contribution is 2.53. The van der Waals surface area contributed by atoms with Gasteiger partial charge in [-0.3, -0.25) is 9.59 Å². The second-order valence-corrected chi connectivity index (χ2v) is 33.6. The van der Waals surface area contributed by atoms with Crippen molar-refractivity contribution in [3.8, 4) is 0 Å². The van der Waals surface area contributed by atoms with Gasteiger partial charge in [0.2, 0.25) is 0 Å². The van der Waals surface area contributed by atoms with Gasteiger partial charge in [0.05, 0.1) is 26.4 Å². The maximum atomic E-state index is 15.4. The molecule has 12 nitrogen and oxygen atoms in total. The number of ketones is 2. The highest BCUT2D eigenvalue weighted by atomic mass is 28.4. The Balaban J connectivity index is 1.20. The van der Waals surface area contributed by atoms with Gasteiger partial charge in [-0.25, -0.2) is 0 Å². The van der Waals surface area contributed by atoms with E-state index >= 15 is 19.8 Å². The lowest BCUT2D eigenvalue weighted by molar-refractivity contribution is -0.285. The van der Waals surface area contributed by atoms with Crippen molar-refractivity contribution in [3.63, 3.8) is 0 Å². The fourth-order valence-electron chi connectivity index (χ4n) is 13.4. The minimum Gasteiger partial charge on any atom is -0.404 e. The first-order valence-corrected chi connectivity index (χ1v) is 33.1. The molecule has 6 atom stereocenters. The standard InChI is InChI=1S/C68H82O12Si2/c1-63(2,3)81(53-33-17-9-18-34-53,54-35-19-10-20-36-54)75-49-67(71,61-59(77-65(79-61)41-25-26-42-65)57(69)47-73-45-51-29-13-7-14-30-51)68(72,50-76-82(64(4,5)6,55-37-21-11-22-38-55)56-39-23-12-24-40-56)62-60(78-66(80-62)43-27-28-44-66)58(70)48-74-46-52-31-15-8-16-32-52/h7-24,29-40,59-62,71-72H,25-28,41-50H2,1-6H3/t59-,60-,61+,62+,67-,68+/m0/s1. The Morgan fingerprint density at radius 1 is 0.439 bits per heavy atom. The number of aliphatic hydroxyl groups is 2. The number of hydrogen-bond donors (Lipinski definition) is 2. The molecule has 2 saturated carbocycles. The summed E-state index contributed by atoms with van der Waals surface area (Å²) in [5.74, 6) is -3.64. The van der Waals surface area contributed by atoms with Crippen LogP contribution >= 0.6 is 0 Å². The van der Waals surface area contributed by atoms with Crippen LogP contribution in [0.3, 0.4) is 0 Å². The summed E-state index contributed by atoms with van der Waals surface area (Å²) in [7, 11) is -7.32. The summed E-state index contributed by atoms with van der Waals surface area (Å²) >= 11 is 0. The van der Waals surface area contributed by atoms with E-state index in [1.807, 2.05) is 133 Å². The summed E-state index contributed by atoms with van der Waals surface area (Å²) in [6.07, 6.45) is -1.69. The van der Waals surface area contributed by atoms with E-state index in [0.717, 1.165) is 57.6 Å². The second kappa shape index (κ2) is 24.7. The highest BCUT2D eigenvalue weighted by molar-refractivity contribution is 7.00. The fourth-order valence-corrected chi connectivity index (χ4v) is 22.6. The molecule has 2 N–H and O–H groups in total. The summed E-state index contributed by atoms with van der Waals surface area (Å²) < 4.78 is 56.8. The molecule has 434 valence electrons. The van der Waals surface area contributed by atoms with Crippen molar-refractivity contribution in [3.05, 3.63) is 193 Å². The molecule has 82 heavy (non-hydrogen) atoms. The van der Waals surface area contributed by atoms with E-state index in [1.165, 1.54) is 0 Å². The summed E-state index contributed by atoms with van der Waals surface area (Å²) in [5, 5.41) is 33.0. The molecular formula is C68H82O12Si2. The summed E-state index contributed by atoms with van der Waals surface area (Å²) in [4.78, 5) is 30.8. The minimum atomic E-state index is -3.66. The van der Waals surface area contributed by atoms with Crippen molar-refractivity contribution >= 4 is 48.9 Å². The molecule has 2 aliphatic carbocycles. The smallest absolute Gasteiger partial charge is 0.261 e. The maximum absolute atomic E-state index is 15.4. The molecule has 14 heteroatoms. The SMILES string of the molecule is CC(C)(C)[Si](OC[C@@](O)([C@@H]1OC2(CCCC2)O[C@H]1C(=O)COCc1ccccc1)[C@](O)(CO[Si](c1ccccc1)(c1ccccc1)C(C)(C)C)[C@@H]1OC2(CCCC2)O[C@H]1C(=O)COCc1ccccc1)(c1ccccc1)c1ccccc1. The minimum absolute atomic E-state index is 0.138. The van der Waals surface area contributed by atoms with E-state index in [2.05, 4.69) is 90.1 Å².